The average Bonchev–Trinajstić information content (AvgIpc) is 3.45. The second-order valence-electron chi connectivity index (χ2n) is 12.9. The van der Waals surface area contributed by atoms with Gasteiger partial charge in [0, 0.05) is 31.0 Å². The van der Waals surface area contributed by atoms with E-state index in [2.05, 4.69) is 153 Å². The topological polar surface area (TPSA) is 6.48 Å². The Hall–Kier alpha value is -0.240. The van der Waals surface area contributed by atoms with Crippen molar-refractivity contribution in [1.82, 2.24) is 9.80 Å². The highest BCUT2D eigenvalue weighted by Gasteiger charge is 2.58. The molecule has 4 aliphatic heterocycles. The molecular formula is C33H38Br4N2. The van der Waals surface area contributed by atoms with E-state index in [-0.39, 0.29) is 22.2 Å². The summed E-state index contributed by atoms with van der Waals surface area (Å²) in [6.45, 7) is 21.0. The summed E-state index contributed by atoms with van der Waals surface area (Å²) in [6, 6.07) is 0. The van der Waals surface area contributed by atoms with Crippen molar-refractivity contribution >= 4 is 63.7 Å². The molecule has 4 bridgehead atoms. The first-order valence-corrected chi connectivity index (χ1v) is 17.3. The summed E-state index contributed by atoms with van der Waals surface area (Å²) in [5.74, 6) is 0. The molecule has 4 aliphatic rings. The second kappa shape index (κ2) is 9.13. The van der Waals surface area contributed by atoms with E-state index in [0.717, 1.165) is 13.1 Å². The normalized spacial score (nSPS) is 32.1. The van der Waals surface area contributed by atoms with Gasteiger partial charge < -0.3 is 0 Å². The van der Waals surface area contributed by atoms with Crippen LogP contribution in [0.25, 0.3) is 0 Å². The molecule has 0 saturated heterocycles. The Balaban J connectivity index is 1.18. The summed E-state index contributed by atoms with van der Waals surface area (Å²) < 4.78 is 4.80. The minimum absolute atomic E-state index is 0.0431. The Morgan fingerprint density at radius 2 is 0.692 bits per heavy atom. The van der Waals surface area contributed by atoms with Crippen LogP contribution in [0.1, 0.15) is 91.5 Å². The number of hydrogen-bond donors (Lipinski definition) is 0. The minimum Gasteiger partial charge on any atom is -0.277 e. The van der Waals surface area contributed by atoms with E-state index in [0.29, 0.717) is 0 Å². The molecule has 2 aromatic carbocycles. The third-order valence-electron chi connectivity index (χ3n) is 10.7. The standard InChI is InChI=1S/C33H38Br4N2/c1-18-22-23(19(2)27(35)26(18)34)31(6)13-12-30(22,5)38(31)16-10-9-11-17-39-32(7)14-15-33(39,8)25-21(4)29(37)28(36)20(3)24(25)32/h12-15H,9-11,16-17H2,1-8H3/t30-,31-,32+,33+. The zero-order valence-corrected chi connectivity index (χ0v) is 30.6. The van der Waals surface area contributed by atoms with Crippen LogP contribution in [0.3, 0.4) is 0 Å². The Morgan fingerprint density at radius 3 is 0.923 bits per heavy atom. The van der Waals surface area contributed by atoms with Crippen molar-refractivity contribution < 1.29 is 0 Å². The number of benzene rings is 2. The van der Waals surface area contributed by atoms with Crippen molar-refractivity contribution in [3.63, 3.8) is 0 Å². The monoisotopic (exact) mass is 778 g/mol. The van der Waals surface area contributed by atoms with Gasteiger partial charge in [-0.1, -0.05) is 30.7 Å². The maximum absolute atomic E-state index is 3.87. The lowest BCUT2D eigenvalue weighted by atomic mass is 9.79. The lowest BCUT2D eigenvalue weighted by Gasteiger charge is -2.38. The fourth-order valence-corrected chi connectivity index (χ4v) is 10.9. The fraction of sp³-hybridized carbons (Fsp3) is 0.515. The first-order chi connectivity index (χ1) is 18.2. The molecule has 0 spiro atoms. The molecule has 0 amide bonds. The summed E-state index contributed by atoms with van der Waals surface area (Å²) >= 11 is 15.5. The van der Waals surface area contributed by atoms with Gasteiger partial charge in [-0.2, -0.15) is 0 Å². The van der Waals surface area contributed by atoms with Gasteiger partial charge in [-0.15, -0.1) is 0 Å². The molecule has 0 unspecified atom stereocenters. The molecule has 0 N–H and O–H groups in total. The van der Waals surface area contributed by atoms with Gasteiger partial charge in [-0.25, -0.2) is 0 Å². The van der Waals surface area contributed by atoms with E-state index >= 15 is 0 Å². The van der Waals surface area contributed by atoms with Gasteiger partial charge in [0.25, 0.3) is 0 Å². The van der Waals surface area contributed by atoms with Gasteiger partial charge in [-0.05, 0) is 176 Å². The number of hydrogen-bond acceptors (Lipinski definition) is 2. The van der Waals surface area contributed by atoms with Crippen molar-refractivity contribution in [2.75, 3.05) is 13.1 Å². The fourth-order valence-electron chi connectivity index (χ4n) is 8.87. The van der Waals surface area contributed by atoms with Crippen LogP contribution in [0, 0.1) is 27.7 Å². The van der Waals surface area contributed by atoms with Crippen molar-refractivity contribution in [3.05, 3.63) is 86.7 Å². The molecule has 0 aromatic heterocycles. The first-order valence-electron chi connectivity index (χ1n) is 14.1. The smallest absolute Gasteiger partial charge is 0.0634 e. The molecule has 2 nitrogen and oxygen atoms in total. The molecule has 0 saturated carbocycles. The van der Waals surface area contributed by atoms with E-state index in [1.165, 1.54) is 81.7 Å². The van der Waals surface area contributed by atoms with E-state index in [1.807, 2.05) is 0 Å². The molecule has 2 aromatic rings. The van der Waals surface area contributed by atoms with Gasteiger partial charge in [0.2, 0.25) is 0 Å². The first kappa shape index (κ1) is 28.9. The molecule has 6 heteroatoms. The van der Waals surface area contributed by atoms with Crippen LogP contribution in [-0.4, -0.2) is 22.9 Å². The number of fused-ring (bicyclic) bond motifs is 10. The van der Waals surface area contributed by atoms with E-state index in [9.17, 15) is 0 Å². The predicted molar refractivity (Wildman–Crippen MR) is 178 cm³/mol. The maximum atomic E-state index is 3.87. The summed E-state index contributed by atoms with van der Waals surface area (Å²) in [5, 5.41) is 0. The molecule has 6 rings (SSSR count). The number of rotatable bonds is 6. The zero-order valence-electron chi connectivity index (χ0n) is 24.3. The molecule has 0 radical (unpaired) electrons. The van der Waals surface area contributed by atoms with Crippen LogP contribution in [0.4, 0.5) is 0 Å². The van der Waals surface area contributed by atoms with Crippen LogP contribution >= 0.6 is 63.7 Å². The van der Waals surface area contributed by atoms with Crippen molar-refractivity contribution in [3.8, 4) is 0 Å². The van der Waals surface area contributed by atoms with Gasteiger partial charge >= 0.3 is 0 Å². The van der Waals surface area contributed by atoms with Gasteiger partial charge in [0.15, 0.2) is 0 Å². The summed E-state index contributed by atoms with van der Waals surface area (Å²) in [7, 11) is 0. The highest BCUT2D eigenvalue weighted by atomic mass is 79.9. The highest BCUT2D eigenvalue weighted by molar-refractivity contribution is 9.13. The second-order valence-corrected chi connectivity index (χ2v) is 16.0. The Morgan fingerprint density at radius 1 is 0.462 bits per heavy atom. The number of halogens is 4. The molecule has 4 heterocycles. The van der Waals surface area contributed by atoms with Gasteiger partial charge in [0.1, 0.15) is 0 Å². The summed E-state index contributed by atoms with van der Waals surface area (Å²) in [5.41, 5.74) is 11.3. The summed E-state index contributed by atoms with van der Waals surface area (Å²) in [6.07, 6.45) is 13.5. The predicted octanol–water partition coefficient (Wildman–Crippen LogP) is 10.5. The number of nitrogens with zero attached hydrogens (tertiary/aromatic N) is 2. The molecule has 39 heavy (non-hydrogen) atoms. The third-order valence-corrected chi connectivity index (χ3v) is 15.7. The Labute approximate surface area is 268 Å². The average molecular weight is 782 g/mol. The van der Waals surface area contributed by atoms with Crippen molar-refractivity contribution in [2.45, 2.75) is 96.8 Å². The third kappa shape index (κ3) is 3.48. The van der Waals surface area contributed by atoms with E-state index in [1.54, 1.807) is 0 Å². The van der Waals surface area contributed by atoms with Crippen LogP contribution < -0.4 is 0 Å². The zero-order chi connectivity index (χ0) is 28.4. The van der Waals surface area contributed by atoms with Crippen LogP contribution in [-0.2, 0) is 22.2 Å². The van der Waals surface area contributed by atoms with Gasteiger partial charge in [-0.3, -0.25) is 9.80 Å². The molecule has 208 valence electrons. The SMILES string of the molecule is Cc1c(Br)c(Br)c(C)c2c1[C@]1(C)C=C[C@]2(C)N1CCCCCN1[C@]2(C)C=C[C@]1(C)c1c(C)c(Br)c(Br)c(C)c12. The molecule has 4 atom stereocenters. The van der Waals surface area contributed by atoms with E-state index in [4.69, 9.17) is 0 Å². The van der Waals surface area contributed by atoms with Crippen LogP contribution in [0.15, 0.2) is 42.2 Å². The van der Waals surface area contributed by atoms with Crippen molar-refractivity contribution in [2.24, 2.45) is 0 Å². The minimum atomic E-state index is -0.0431. The quantitative estimate of drug-likeness (QED) is 0.213. The lowest BCUT2D eigenvalue weighted by molar-refractivity contribution is 0.0875. The molecule has 0 fully saturated rings. The lowest BCUT2D eigenvalue weighted by Crippen LogP contribution is -2.43. The van der Waals surface area contributed by atoms with Crippen molar-refractivity contribution in [1.29, 1.82) is 0 Å². The van der Waals surface area contributed by atoms with Crippen LogP contribution in [0.5, 0.6) is 0 Å². The molecule has 0 aliphatic carbocycles. The maximum Gasteiger partial charge on any atom is 0.0634 e. The Kier molecular flexibility index (Phi) is 6.76. The summed E-state index contributed by atoms with van der Waals surface area (Å²) in [4.78, 5) is 5.51. The molecular weight excluding hydrogens is 744 g/mol. The van der Waals surface area contributed by atoms with Crippen LogP contribution in [0.2, 0.25) is 0 Å². The largest absolute Gasteiger partial charge is 0.277 e. The van der Waals surface area contributed by atoms with Gasteiger partial charge in [0.05, 0.1) is 22.2 Å². The highest BCUT2D eigenvalue weighted by Crippen LogP contribution is 2.61. The number of unbranched alkanes of at least 4 members (excludes halogenated alkanes) is 2. The van der Waals surface area contributed by atoms with E-state index < -0.39 is 0 Å². The Bertz CT molecular complexity index is 1290.